The van der Waals surface area contributed by atoms with Crippen LogP contribution < -0.4 is 10.3 Å². The third-order valence-corrected chi connectivity index (χ3v) is 13.0. The second kappa shape index (κ2) is 42.7. The molecule has 0 spiro atoms. The predicted octanol–water partition coefficient (Wildman–Crippen LogP) is 13.8. The van der Waals surface area contributed by atoms with Crippen LogP contribution in [-0.4, -0.2) is 121 Å². The smallest absolute Gasteiger partial charge is 0.516 e. The van der Waals surface area contributed by atoms with Gasteiger partial charge >= 0.3 is 47.9 Å². The van der Waals surface area contributed by atoms with Crippen molar-refractivity contribution in [2.75, 3.05) is 11.5 Å². The van der Waals surface area contributed by atoms with Crippen molar-refractivity contribution >= 4 is 93.0 Å². The number of carboxylic acid groups (broad SMARTS) is 2. The van der Waals surface area contributed by atoms with Crippen molar-refractivity contribution in [3.63, 3.8) is 0 Å². The molecule has 0 aliphatic carbocycles. The van der Waals surface area contributed by atoms with Crippen LogP contribution in [-0.2, 0) is 79.3 Å². The Morgan fingerprint density at radius 3 is 1.17 bits per heavy atom. The Hall–Kier alpha value is -5.21. The number of rotatable bonds is 27. The van der Waals surface area contributed by atoms with Gasteiger partial charge in [0.2, 0.25) is 14.2 Å². The fourth-order valence-corrected chi connectivity index (χ4v) is 10.00. The van der Waals surface area contributed by atoms with E-state index in [9.17, 15) is 48.3 Å². The van der Waals surface area contributed by atoms with Crippen LogP contribution in [0.5, 0.6) is 0 Å². The van der Waals surface area contributed by atoms with Gasteiger partial charge in [0, 0.05) is 12.3 Å². The van der Waals surface area contributed by atoms with Crippen molar-refractivity contribution < 1.29 is 81.5 Å². The van der Waals surface area contributed by atoms with E-state index in [2.05, 4.69) is 69.4 Å². The van der Waals surface area contributed by atoms with Crippen LogP contribution in [0.25, 0.3) is 0 Å². The number of carbonyl (C=O) groups excluding carboxylic acids is 7. The summed E-state index contributed by atoms with van der Waals surface area (Å²) < 4.78 is 30.8. The molecule has 0 aliphatic heterocycles. The lowest BCUT2D eigenvalue weighted by Gasteiger charge is -2.28. The molecule has 19 nitrogen and oxygen atoms in total. The van der Waals surface area contributed by atoms with Crippen molar-refractivity contribution in [3.05, 3.63) is 71.8 Å². The van der Waals surface area contributed by atoms with Crippen molar-refractivity contribution in [2.45, 2.75) is 237 Å². The van der Waals surface area contributed by atoms with Gasteiger partial charge in [-0.05, 0) is 147 Å². The van der Waals surface area contributed by atoms with Crippen LogP contribution >= 0.6 is 22.6 Å². The Labute approximate surface area is 543 Å². The number of hydrogen-bond donors (Lipinski definition) is 4. The molecule has 4 N–H and O–H groups in total. The van der Waals surface area contributed by atoms with Crippen LogP contribution in [0.4, 0.5) is 4.79 Å². The zero-order valence-electron chi connectivity index (χ0n) is 57.7. The Morgan fingerprint density at radius 1 is 0.489 bits per heavy atom. The highest BCUT2D eigenvalue weighted by Crippen LogP contribution is 2.23. The summed E-state index contributed by atoms with van der Waals surface area (Å²) in [5.74, 6) is -5.96. The second-order valence-electron chi connectivity index (χ2n) is 28.3. The number of aliphatic carboxylic acids is 2. The summed E-state index contributed by atoms with van der Waals surface area (Å²) in [6.45, 7) is 44.1. The summed E-state index contributed by atoms with van der Waals surface area (Å²) >= 11 is 2.15. The number of benzene rings is 2. The fraction of sp³-hybridized carbons (Fsp3) is 0.682. The molecule has 0 saturated heterocycles. The third kappa shape index (κ3) is 50.6. The van der Waals surface area contributed by atoms with Gasteiger partial charge in [-0.3, -0.25) is 33.6 Å². The monoisotopic (exact) mass is 1390 g/mol. The lowest BCUT2D eigenvalue weighted by atomic mass is 9.92. The Bertz CT molecular complexity index is 2390. The van der Waals surface area contributed by atoms with E-state index in [1.54, 1.807) is 62.3 Å². The lowest BCUT2D eigenvalue weighted by molar-refractivity contribution is -0.161. The first-order valence-electron chi connectivity index (χ1n) is 30.3. The minimum Gasteiger partial charge on any atom is -0.519 e. The van der Waals surface area contributed by atoms with E-state index in [1.807, 2.05) is 128 Å². The van der Waals surface area contributed by atoms with Gasteiger partial charge in [-0.15, -0.1) is 0 Å². The molecule has 0 bridgehead atoms. The predicted molar refractivity (Wildman–Crippen MR) is 360 cm³/mol. The fourth-order valence-electron chi connectivity index (χ4n) is 7.99. The summed E-state index contributed by atoms with van der Waals surface area (Å²) in [6, 6.07) is 17.9. The number of esters is 4. The maximum absolute atomic E-state index is 12.7. The van der Waals surface area contributed by atoms with Crippen LogP contribution in [0, 0.1) is 41.4 Å². The maximum atomic E-state index is 12.7. The maximum Gasteiger partial charge on any atom is 0.516 e. The zero-order chi connectivity index (χ0) is 69.1. The topological polar surface area (TPSA) is 274 Å². The van der Waals surface area contributed by atoms with E-state index in [0.29, 0.717) is 25.7 Å². The third-order valence-electron chi connectivity index (χ3n) is 11.0. The van der Waals surface area contributed by atoms with Gasteiger partial charge in [-0.1, -0.05) is 158 Å². The molecule has 0 aliphatic rings. The zero-order valence-corrected chi connectivity index (χ0v) is 61.9. The number of carboxylic acids is 2. The number of carbonyl (C=O) groups is 9. The molecular weight excluding hydrogens is 1280 g/mol. The molecule has 0 aromatic heterocycles. The Balaban J connectivity index is -0.00000110. The van der Waals surface area contributed by atoms with E-state index >= 15 is 0 Å². The summed E-state index contributed by atoms with van der Waals surface area (Å²) in [7, 11) is -3.40. The number of nitrogens with one attached hydrogen (secondary N) is 2. The van der Waals surface area contributed by atoms with E-state index < -0.39 is 105 Å². The van der Waals surface area contributed by atoms with Crippen LogP contribution in [0.15, 0.2) is 60.7 Å². The average Bonchev–Trinajstić information content (AvgIpc) is 3.57. The van der Waals surface area contributed by atoms with Crippen molar-refractivity contribution in [3.8, 4) is 0 Å². The molecule has 22 heteroatoms. The molecule has 2 aromatic rings. The van der Waals surface area contributed by atoms with Gasteiger partial charge in [0.25, 0.3) is 0 Å². The van der Waals surface area contributed by atoms with Crippen molar-refractivity contribution in [2.24, 2.45) is 41.4 Å². The number of hydrogen-bond acceptors (Lipinski definition) is 16. The molecule has 0 radical (unpaired) electrons. The summed E-state index contributed by atoms with van der Waals surface area (Å²) in [5, 5.41) is 21.0. The first kappa shape index (κ1) is 87.0. The molecule has 1 unspecified atom stereocenters. The number of alkyl halides is 1. The highest BCUT2D eigenvalue weighted by Gasteiger charge is 2.33. The summed E-state index contributed by atoms with van der Waals surface area (Å²) in [6.07, 6.45) is 1.00. The van der Waals surface area contributed by atoms with E-state index in [0.717, 1.165) is 11.1 Å². The molecule has 2 rings (SSSR count). The van der Waals surface area contributed by atoms with Gasteiger partial charge < -0.3 is 48.6 Å². The average molecular weight is 1390 g/mol. The largest absolute Gasteiger partial charge is 0.519 e. The molecule has 0 heterocycles. The molecule has 5 atom stereocenters. The molecular formula is C66H113IN2O17Si2. The molecule has 1 amide bonds. The summed E-state index contributed by atoms with van der Waals surface area (Å²) in [5.41, 5.74) is 0.165. The highest BCUT2D eigenvalue weighted by atomic mass is 127. The summed E-state index contributed by atoms with van der Waals surface area (Å²) in [4.78, 5) is 112. The quantitative estimate of drug-likeness (QED) is 0.0162. The van der Waals surface area contributed by atoms with Gasteiger partial charge in [0.1, 0.15) is 37.1 Å². The highest BCUT2D eigenvalue weighted by molar-refractivity contribution is 14.1. The SMILES string of the molecule is CC(C)COC(=O)OC(=O)[C@@H](CC(=O)OC(C)(C)C)CC(C)C.CC(C)C[C@H](CC(=O)OC(C)(C)C)C(=O)N[C@@H](Cc1ccccc1)C(=O)O.CC(C)C[C@H](CC(=O)OC(C)(C)C)C(=O)O.CI.C[Si](C)(C)NC(Cc1ccccc1)C(=O)O[Si](C)(C)C. The lowest BCUT2D eigenvalue weighted by Crippen LogP contribution is -2.54. The van der Waals surface area contributed by atoms with E-state index in [1.165, 1.54) is 0 Å². The van der Waals surface area contributed by atoms with Crippen LogP contribution in [0.1, 0.15) is 167 Å². The molecule has 0 saturated carbocycles. The standard InChI is InChI=1S/C21H31NO5.C17H30O6.C15H27NO2Si2.C12H22O4.CH3I/c1-14(2)11-16(13-18(23)27-21(3,4)5)19(24)22-17(20(25)26)12-15-9-7-6-8-10-15;1-11(2)8-13(9-14(18)23-17(5,6)7)15(19)22-16(20)21-10-12(3)4;1-19(2,3)16-14(15(17)18-20(4,5)6)12-13-10-8-7-9-11-13;1-8(2)6-9(11(14)15)7-10(13)16-12(3,4)5;1-2/h6-10,14,16-17H,11-13H2,1-5H3,(H,22,24)(H,25,26);11-13H,8-10H2,1-7H3;7-11,14,16H,12H2,1-6H3;8-9H,6-7H2,1-5H3,(H,14,15);1H3/t16-,17+;13-;;9-;/m11.1./s1. The Morgan fingerprint density at radius 2 is 0.841 bits per heavy atom. The van der Waals surface area contributed by atoms with E-state index in [-0.39, 0.29) is 68.0 Å². The van der Waals surface area contributed by atoms with Crippen LogP contribution in [0.3, 0.4) is 0 Å². The first-order chi connectivity index (χ1) is 40.1. The first-order valence-corrected chi connectivity index (χ1v) is 39.4. The Kier molecular flexibility index (Phi) is 42.2. The number of halogens is 1. The molecule has 2 aromatic carbocycles. The van der Waals surface area contributed by atoms with Crippen LogP contribution in [0.2, 0.25) is 39.3 Å². The van der Waals surface area contributed by atoms with Crippen molar-refractivity contribution in [1.82, 2.24) is 10.3 Å². The van der Waals surface area contributed by atoms with E-state index in [4.69, 9.17) is 28.5 Å². The minimum atomic E-state index is -1.85. The van der Waals surface area contributed by atoms with Crippen molar-refractivity contribution in [1.29, 1.82) is 0 Å². The molecule has 504 valence electrons. The number of amides is 1. The molecule has 0 fully saturated rings. The van der Waals surface area contributed by atoms with Gasteiger partial charge in [0.05, 0.1) is 37.7 Å². The number of ether oxygens (including phenoxy) is 5. The molecule has 88 heavy (non-hydrogen) atoms. The van der Waals surface area contributed by atoms with Gasteiger partial charge in [-0.25, -0.2) is 9.59 Å². The second-order valence-corrected chi connectivity index (χ2v) is 37.5. The minimum absolute atomic E-state index is 0.0508. The van der Waals surface area contributed by atoms with Gasteiger partial charge in [-0.2, -0.15) is 0 Å². The normalized spacial score (nSPS) is 13.3. The van der Waals surface area contributed by atoms with Gasteiger partial charge in [0.15, 0.2) is 0 Å².